The monoisotopic (exact) mass is 401 g/mol. The maximum absolute atomic E-state index is 6.38. The molecule has 1 N–H and O–H groups in total. The summed E-state index contributed by atoms with van der Waals surface area (Å²) in [5.74, 6) is 0.843. The minimum atomic E-state index is 0.586. The SMILES string of the molecule is COc1ccccc1CN/N=C\c1cc(C)n(-c2ccc(Cl)cc2Cl)c1C. The van der Waals surface area contributed by atoms with Crippen LogP contribution in [0, 0.1) is 13.8 Å². The average Bonchev–Trinajstić information content (AvgIpc) is 2.93. The van der Waals surface area contributed by atoms with Gasteiger partial charge in [-0.1, -0.05) is 41.4 Å². The Morgan fingerprint density at radius 1 is 1.11 bits per heavy atom. The number of hydrogen-bond donors (Lipinski definition) is 1. The molecule has 0 radical (unpaired) electrons. The zero-order valence-corrected chi connectivity index (χ0v) is 17.0. The number of para-hydroxylation sites is 1. The molecule has 0 spiro atoms. The van der Waals surface area contributed by atoms with Crippen LogP contribution in [0.1, 0.15) is 22.5 Å². The first-order chi connectivity index (χ1) is 13.0. The smallest absolute Gasteiger partial charge is 0.123 e. The van der Waals surface area contributed by atoms with Crippen molar-refractivity contribution in [2.24, 2.45) is 5.10 Å². The van der Waals surface area contributed by atoms with Crippen LogP contribution < -0.4 is 10.2 Å². The standard InChI is InChI=1S/C21H21Cl2N3O/c1-14-10-17(13-25-24-12-16-6-4-5-7-21(16)27-3)15(2)26(14)20-9-8-18(22)11-19(20)23/h4-11,13,24H,12H2,1-3H3/b25-13-. The van der Waals surface area contributed by atoms with E-state index in [0.29, 0.717) is 16.6 Å². The van der Waals surface area contributed by atoms with Crippen molar-refractivity contribution in [1.29, 1.82) is 0 Å². The van der Waals surface area contributed by atoms with Crippen LogP contribution >= 0.6 is 23.2 Å². The van der Waals surface area contributed by atoms with Gasteiger partial charge in [0.25, 0.3) is 0 Å². The molecule has 140 valence electrons. The van der Waals surface area contributed by atoms with Crippen LogP contribution in [0.15, 0.2) is 53.6 Å². The molecule has 0 saturated carbocycles. The van der Waals surface area contributed by atoms with E-state index in [1.165, 1.54) is 0 Å². The number of halogens is 2. The van der Waals surface area contributed by atoms with E-state index in [1.807, 2.05) is 56.5 Å². The maximum Gasteiger partial charge on any atom is 0.123 e. The number of nitrogens with zero attached hydrogens (tertiary/aromatic N) is 2. The van der Waals surface area contributed by atoms with Gasteiger partial charge in [-0.25, -0.2) is 0 Å². The molecule has 0 aliphatic heterocycles. The molecule has 0 fully saturated rings. The Hall–Kier alpha value is -2.43. The van der Waals surface area contributed by atoms with E-state index in [-0.39, 0.29) is 0 Å². The van der Waals surface area contributed by atoms with Crippen molar-refractivity contribution in [3.05, 3.63) is 81.1 Å². The van der Waals surface area contributed by atoms with Crippen molar-refractivity contribution in [2.75, 3.05) is 7.11 Å². The van der Waals surface area contributed by atoms with Crippen molar-refractivity contribution in [2.45, 2.75) is 20.4 Å². The van der Waals surface area contributed by atoms with Crippen molar-refractivity contribution in [3.8, 4) is 11.4 Å². The van der Waals surface area contributed by atoms with Crippen LogP contribution in [-0.2, 0) is 6.54 Å². The fourth-order valence-corrected chi connectivity index (χ4v) is 3.54. The molecule has 0 aliphatic carbocycles. The highest BCUT2D eigenvalue weighted by atomic mass is 35.5. The molecule has 0 atom stereocenters. The van der Waals surface area contributed by atoms with E-state index >= 15 is 0 Å². The fourth-order valence-electron chi connectivity index (χ4n) is 3.05. The summed E-state index contributed by atoms with van der Waals surface area (Å²) in [6.07, 6.45) is 1.82. The van der Waals surface area contributed by atoms with E-state index in [9.17, 15) is 0 Å². The average molecular weight is 402 g/mol. The molecular weight excluding hydrogens is 381 g/mol. The maximum atomic E-state index is 6.38. The van der Waals surface area contributed by atoms with Crippen LogP contribution in [0.5, 0.6) is 5.75 Å². The minimum Gasteiger partial charge on any atom is -0.496 e. The molecule has 0 aliphatic rings. The predicted octanol–water partition coefficient (Wildman–Crippen LogP) is 5.53. The van der Waals surface area contributed by atoms with Crippen molar-refractivity contribution in [1.82, 2.24) is 9.99 Å². The predicted molar refractivity (Wildman–Crippen MR) is 113 cm³/mol. The van der Waals surface area contributed by atoms with Gasteiger partial charge in [0.05, 0.1) is 30.6 Å². The molecule has 3 rings (SSSR count). The van der Waals surface area contributed by atoms with Crippen LogP contribution in [-0.4, -0.2) is 17.9 Å². The van der Waals surface area contributed by atoms with Gasteiger partial charge in [-0.2, -0.15) is 5.10 Å². The number of ether oxygens (including phenoxy) is 1. The molecule has 0 saturated heterocycles. The van der Waals surface area contributed by atoms with Gasteiger partial charge in [0.1, 0.15) is 5.75 Å². The molecule has 0 bridgehead atoms. The second kappa shape index (κ2) is 8.51. The number of aryl methyl sites for hydroxylation is 1. The minimum absolute atomic E-state index is 0.586. The van der Waals surface area contributed by atoms with Crippen LogP contribution in [0.2, 0.25) is 10.0 Å². The van der Waals surface area contributed by atoms with Gasteiger partial charge >= 0.3 is 0 Å². The highest BCUT2D eigenvalue weighted by Gasteiger charge is 2.12. The third kappa shape index (κ3) is 4.29. The molecule has 1 heterocycles. The first-order valence-corrected chi connectivity index (χ1v) is 9.29. The first-order valence-electron chi connectivity index (χ1n) is 8.53. The zero-order chi connectivity index (χ0) is 19.4. The van der Waals surface area contributed by atoms with Crippen molar-refractivity contribution in [3.63, 3.8) is 0 Å². The largest absolute Gasteiger partial charge is 0.496 e. The van der Waals surface area contributed by atoms with E-state index < -0.39 is 0 Å². The summed E-state index contributed by atoms with van der Waals surface area (Å²) in [6, 6.07) is 15.5. The Bertz CT molecular complexity index is 980. The molecule has 2 aromatic carbocycles. The summed E-state index contributed by atoms with van der Waals surface area (Å²) >= 11 is 12.4. The summed E-state index contributed by atoms with van der Waals surface area (Å²) in [5, 5.41) is 5.59. The highest BCUT2D eigenvalue weighted by Crippen LogP contribution is 2.28. The number of benzene rings is 2. The lowest BCUT2D eigenvalue weighted by molar-refractivity contribution is 0.408. The topological polar surface area (TPSA) is 38.5 Å². The highest BCUT2D eigenvalue weighted by molar-refractivity contribution is 6.35. The summed E-state index contributed by atoms with van der Waals surface area (Å²) in [7, 11) is 1.67. The third-order valence-electron chi connectivity index (χ3n) is 4.38. The quantitative estimate of drug-likeness (QED) is 0.435. The van der Waals surface area contributed by atoms with Gasteiger partial charge in [0.15, 0.2) is 0 Å². The lowest BCUT2D eigenvalue weighted by atomic mass is 10.2. The molecule has 4 nitrogen and oxygen atoms in total. The van der Waals surface area contributed by atoms with Crippen LogP contribution in [0.3, 0.4) is 0 Å². The number of rotatable bonds is 6. The number of aromatic nitrogens is 1. The number of methoxy groups -OCH3 is 1. The lowest BCUT2D eigenvalue weighted by Crippen LogP contribution is -2.07. The fraction of sp³-hybridized carbons (Fsp3) is 0.190. The summed E-state index contributed by atoms with van der Waals surface area (Å²) in [4.78, 5) is 0. The molecule has 0 unspecified atom stereocenters. The molecule has 3 aromatic rings. The molecule has 1 aromatic heterocycles. The van der Waals surface area contributed by atoms with Gasteiger partial charge in [0.2, 0.25) is 0 Å². The van der Waals surface area contributed by atoms with Gasteiger partial charge in [-0.15, -0.1) is 0 Å². The Morgan fingerprint density at radius 3 is 2.63 bits per heavy atom. The number of nitrogens with one attached hydrogen (secondary N) is 1. The second-order valence-corrected chi connectivity index (χ2v) is 7.01. The van der Waals surface area contributed by atoms with Crippen molar-refractivity contribution >= 4 is 29.4 Å². The Balaban J connectivity index is 1.77. The molecular formula is C21H21Cl2N3O. The number of hydrogen-bond acceptors (Lipinski definition) is 3. The Kier molecular flexibility index (Phi) is 6.09. The molecule has 27 heavy (non-hydrogen) atoms. The second-order valence-electron chi connectivity index (χ2n) is 6.16. The number of hydrazone groups is 1. The van der Waals surface area contributed by atoms with E-state index in [2.05, 4.69) is 21.2 Å². The summed E-state index contributed by atoms with van der Waals surface area (Å²) in [6.45, 7) is 4.67. The third-order valence-corrected chi connectivity index (χ3v) is 4.92. The van der Waals surface area contributed by atoms with Gasteiger partial charge in [-0.3, -0.25) is 0 Å². The molecule has 0 amide bonds. The summed E-state index contributed by atoms with van der Waals surface area (Å²) in [5.41, 5.74) is 8.17. The lowest BCUT2D eigenvalue weighted by Gasteiger charge is -2.11. The van der Waals surface area contributed by atoms with Crippen LogP contribution in [0.4, 0.5) is 0 Å². The van der Waals surface area contributed by atoms with E-state index in [1.54, 1.807) is 13.2 Å². The normalized spacial score (nSPS) is 11.1. The Morgan fingerprint density at radius 2 is 1.89 bits per heavy atom. The summed E-state index contributed by atoms with van der Waals surface area (Å²) < 4.78 is 7.45. The van der Waals surface area contributed by atoms with Gasteiger partial charge in [-0.05, 0) is 44.2 Å². The van der Waals surface area contributed by atoms with Crippen LogP contribution in [0.25, 0.3) is 5.69 Å². The Labute approximate surface area is 169 Å². The van der Waals surface area contributed by atoms with Crippen molar-refractivity contribution < 1.29 is 4.74 Å². The van der Waals surface area contributed by atoms with Gasteiger partial charge in [0, 0.05) is 27.5 Å². The van der Waals surface area contributed by atoms with E-state index in [4.69, 9.17) is 27.9 Å². The zero-order valence-electron chi connectivity index (χ0n) is 15.5. The van der Waals surface area contributed by atoms with Gasteiger partial charge < -0.3 is 14.7 Å². The molecule has 6 heteroatoms. The van der Waals surface area contributed by atoms with E-state index in [0.717, 1.165) is 34.0 Å². The first kappa shape index (κ1) is 19.3.